The lowest BCUT2D eigenvalue weighted by Gasteiger charge is -2.26. The van der Waals surface area contributed by atoms with E-state index in [1.807, 2.05) is 97.1 Å². The molecule has 0 heterocycles. The third-order valence-electron chi connectivity index (χ3n) is 8.25. The fourth-order valence-corrected chi connectivity index (χ4v) is 5.03. The van der Waals surface area contributed by atoms with Gasteiger partial charge >= 0.3 is 23.9 Å². The van der Waals surface area contributed by atoms with E-state index in [4.69, 9.17) is 37.9 Å². The van der Waals surface area contributed by atoms with Crippen LogP contribution < -0.4 is 18.9 Å². The summed E-state index contributed by atoms with van der Waals surface area (Å²) in [5.41, 5.74) is 4.08. The quantitative estimate of drug-likeness (QED) is 0.0313. The molecule has 4 aromatic carbocycles. The molecule has 0 aliphatic rings. The first kappa shape index (κ1) is 46.3. The molecule has 0 atom stereocenters. The topological polar surface area (TPSA) is 142 Å². The number of rotatable bonds is 23. The van der Waals surface area contributed by atoms with Gasteiger partial charge in [0.15, 0.2) is 0 Å². The van der Waals surface area contributed by atoms with Crippen molar-refractivity contribution in [1.29, 1.82) is 0 Å². The van der Waals surface area contributed by atoms with Crippen molar-refractivity contribution in [3.63, 3.8) is 0 Å². The zero-order valence-corrected chi connectivity index (χ0v) is 33.4. The highest BCUT2D eigenvalue weighted by molar-refractivity contribution is 5.82. The summed E-state index contributed by atoms with van der Waals surface area (Å²) in [7, 11) is 0. The summed E-state index contributed by atoms with van der Waals surface area (Å²) in [5, 5.41) is 0. The summed E-state index contributed by atoms with van der Waals surface area (Å²) in [6.07, 6.45) is 4.47. The van der Waals surface area contributed by atoms with Crippen LogP contribution in [0.15, 0.2) is 148 Å². The fourth-order valence-electron chi connectivity index (χ4n) is 5.03. The maximum Gasteiger partial charge on any atom is 0.330 e. The van der Waals surface area contributed by atoms with E-state index in [-0.39, 0.29) is 58.3 Å². The number of hydrogen-bond acceptors (Lipinski definition) is 12. The van der Waals surface area contributed by atoms with Crippen LogP contribution in [0.2, 0.25) is 0 Å². The van der Waals surface area contributed by atoms with Crippen molar-refractivity contribution >= 4 is 23.9 Å². The van der Waals surface area contributed by atoms with Gasteiger partial charge in [0.1, 0.15) is 75.9 Å². The molecular weight excluding hydrogens is 757 g/mol. The van der Waals surface area contributed by atoms with Gasteiger partial charge in [-0.15, -0.1) is 0 Å². The SMILES string of the molecule is C=CC(=O)OCCOc1ccc(-c2ccc(OCCOC(=O)C=C)cc2)cc1.C=CC(=O)OCCOc1ccc(C(C)(C)c2ccc(OCCOC(=O)C=C)cc2)cc1. The molecule has 0 aliphatic carbocycles. The summed E-state index contributed by atoms with van der Waals surface area (Å²) in [6.45, 7) is 19.4. The molecule has 0 bridgehead atoms. The minimum atomic E-state index is -0.468. The highest BCUT2D eigenvalue weighted by atomic mass is 16.6. The second-order valence-corrected chi connectivity index (χ2v) is 12.6. The summed E-state index contributed by atoms with van der Waals surface area (Å²) in [5.74, 6) is 0.917. The van der Waals surface area contributed by atoms with Gasteiger partial charge in [0.2, 0.25) is 0 Å². The standard InChI is InChI=1S/C25H28O6.C22H22O6/c1-5-23(26)30-17-15-28-21-11-7-19(8-12-21)25(3,4)20-9-13-22(14-10-20)29-16-18-31-24(27)6-2;1-3-21(23)27-15-13-25-19-9-5-17(6-10-19)18-7-11-20(12-8-18)26-14-16-28-22(24)4-2/h5-14H,1-2,15-18H2,3-4H3;3-12H,1-2,13-16H2. The number of carbonyl (C=O) groups excluding carboxylic acids is 4. The van der Waals surface area contributed by atoms with Crippen LogP contribution >= 0.6 is 0 Å². The molecule has 0 aliphatic heterocycles. The van der Waals surface area contributed by atoms with Crippen molar-refractivity contribution in [2.75, 3.05) is 52.9 Å². The summed E-state index contributed by atoms with van der Waals surface area (Å²) in [4.78, 5) is 43.9. The van der Waals surface area contributed by atoms with E-state index in [0.717, 1.165) is 46.6 Å². The Bertz CT molecular complexity index is 1820. The Hall–Kier alpha value is -7.08. The maximum absolute atomic E-state index is 11.0. The molecule has 0 spiro atoms. The molecule has 0 saturated carbocycles. The van der Waals surface area contributed by atoms with Crippen LogP contribution in [-0.2, 0) is 43.5 Å². The molecule has 0 fully saturated rings. The predicted octanol–water partition coefficient (Wildman–Crippen LogP) is 7.80. The molecular formula is C47H50O12. The molecule has 0 saturated heterocycles. The molecule has 310 valence electrons. The Kier molecular flexibility index (Phi) is 19.8. The van der Waals surface area contributed by atoms with Crippen LogP contribution in [0.1, 0.15) is 25.0 Å². The van der Waals surface area contributed by atoms with Crippen molar-refractivity contribution < 1.29 is 57.1 Å². The monoisotopic (exact) mass is 806 g/mol. The average Bonchev–Trinajstić information content (AvgIpc) is 3.27. The molecule has 12 heteroatoms. The zero-order valence-electron chi connectivity index (χ0n) is 33.4. The molecule has 0 radical (unpaired) electrons. The van der Waals surface area contributed by atoms with Gasteiger partial charge in [0.25, 0.3) is 0 Å². The van der Waals surface area contributed by atoms with Gasteiger partial charge < -0.3 is 37.9 Å². The van der Waals surface area contributed by atoms with Crippen LogP contribution in [0, 0.1) is 0 Å². The largest absolute Gasteiger partial charge is 0.490 e. The van der Waals surface area contributed by atoms with Crippen molar-refractivity contribution in [2.24, 2.45) is 0 Å². The van der Waals surface area contributed by atoms with Gasteiger partial charge in [0, 0.05) is 29.7 Å². The smallest absolute Gasteiger partial charge is 0.330 e. The predicted molar refractivity (Wildman–Crippen MR) is 223 cm³/mol. The Labute approximate surface area is 345 Å². The maximum atomic E-state index is 11.0. The van der Waals surface area contributed by atoms with E-state index in [1.165, 1.54) is 0 Å². The van der Waals surface area contributed by atoms with Gasteiger partial charge in [-0.3, -0.25) is 0 Å². The van der Waals surface area contributed by atoms with Crippen LogP contribution in [0.4, 0.5) is 0 Å². The van der Waals surface area contributed by atoms with Gasteiger partial charge in [0.05, 0.1) is 0 Å². The molecule has 0 amide bonds. The van der Waals surface area contributed by atoms with Crippen molar-refractivity contribution in [2.45, 2.75) is 19.3 Å². The first-order valence-electron chi connectivity index (χ1n) is 18.6. The van der Waals surface area contributed by atoms with E-state index in [2.05, 4.69) is 40.2 Å². The van der Waals surface area contributed by atoms with Crippen LogP contribution in [-0.4, -0.2) is 76.7 Å². The summed E-state index contributed by atoms with van der Waals surface area (Å²) in [6, 6.07) is 30.8. The van der Waals surface area contributed by atoms with Crippen LogP contribution in [0.25, 0.3) is 11.1 Å². The Balaban J connectivity index is 0.000000317. The third kappa shape index (κ3) is 16.9. The first-order chi connectivity index (χ1) is 28.5. The minimum absolute atomic E-state index is 0.168. The third-order valence-corrected chi connectivity index (χ3v) is 8.25. The van der Waals surface area contributed by atoms with Gasteiger partial charge in [-0.25, -0.2) is 19.2 Å². The lowest BCUT2D eigenvalue weighted by atomic mass is 9.78. The highest BCUT2D eigenvalue weighted by Gasteiger charge is 2.23. The normalized spacial score (nSPS) is 10.3. The second kappa shape index (κ2) is 25.2. The number of esters is 4. The molecule has 4 aromatic rings. The van der Waals surface area contributed by atoms with Crippen molar-refractivity contribution in [3.8, 4) is 34.1 Å². The van der Waals surface area contributed by atoms with Crippen LogP contribution in [0.5, 0.6) is 23.0 Å². The highest BCUT2D eigenvalue weighted by Crippen LogP contribution is 2.33. The Morgan fingerprint density at radius 1 is 0.390 bits per heavy atom. The lowest BCUT2D eigenvalue weighted by Crippen LogP contribution is -2.19. The number of ether oxygens (including phenoxy) is 8. The molecule has 4 rings (SSSR count). The summed E-state index contributed by atoms with van der Waals surface area (Å²) >= 11 is 0. The molecule has 0 unspecified atom stereocenters. The van der Waals surface area contributed by atoms with E-state index in [0.29, 0.717) is 23.0 Å². The second-order valence-electron chi connectivity index (χ2n) is 12.6. The Morgan fingerprint density at radius 3 is 0.831 bits per heavy atom. The molecule has 0 N–H and O–H groups in total. The molecule has 12 nitrogen and oxygen atoms in total. The van der Waals surface area contributed by atoms with E-state index in [9.17, 15) is 19.2 Å². The van der Waals surface area contributed by atoms with Gasteiger partial charge in [-0.05, 0) is 70.8 Å². The summed E-state index contributed by atoms with van der Waals surface area (Å²) < 4.78 is 41.7. The molecule has 59 heavy (non-hydrogen) atoms. The first-order valence-corrected chi connectivity index (χ1v) is 18.6. The molecule has 0 aromatic heterocycles. The number of carbonyl (C=O) groups is 4. The Morgan fingerprint density at radius 2 is 0.610 bits per heavy atom. The van der Waals surface area contributed by atoms with Crippen molar-refractivity contribution in [3.05, 3.63) is 159 Å². The zero-order chi connectivity index (χ0) is 42.9. The number of hydrogen-bond donors (Lipinski definition) is 0. The van der Waals surface area contributed by atoms with E-state index in [1.54, 1.807) is 0 Å². The van der Waals surface area contributed by atoms with Gasteiger partial charge in [-0.1, -0.05) is 88.7 Å². The minimum Gasteiger partial charge on any atom is -0.490 e. The number of benzene rings is 4. The van der Waals surface area contributed by atoms with E-state index < -0.39 is 23.9 Å². The van der Waals surface area contributed by atoms with E-state index >= 15 is 0 Å². The lowest BCUT2D eigenvalue weighted by molar-refractivity contribution is -0.139. The van der Waals surface area contributed by atoms with Crippen molar-refractivity contribution in [1.82, 2.24) is 0 Å². The average molecular weight is 807 g/mol. The fraction of sp³-hybridized carbons (Fsp3) is 0.234. The van der Waals surface area contributed by atoms with Gasteiger partial charge in [-0.2, -0.15) is 0 Å². The van der Waals surface area contributed by atoms with Crippen LogP contribution in [0.3, 0.4) is 0 Å².